The molecule has 0 saturated carbocycles. The summed E-state index contributed by atoms with van der Waals surface area (Å²) in [6.45, 7) is 0.109. The van der Waals surface area contributed by atoms with E-state index in [1.807, 2.05) is 30.3 Å². The molecular weight excluding hydrogens is 322 g/mol. The van der Waals surface area contributed by atoms with Crippen molar-refractivity contribution in [2.45, 2.75) is 13.0 Å². The highest BCUT2D eigenvalue weighted by Crippen LogP contribution is 2.12. The second-order valence-electron chi connectivity index (χ2n) is 5.53. The summed E-state index contributed by atoms with van der Waals surface area (Å²) in [5, 5.41) is 11.8. The van der Waals surface area contributed by atoms with Crippen LogP contribution >= 0.6 is 0 Å². The predicted octanol–water partition coefficient (Wildman–Crippen LogP) is 2.86. The van der Waals surface area contributed by atoms with Crippen LogP contribution in [0.2, 0.25) is 0 Å². The third-order valence-electron chi connectivity index (χ3n) is 3.70. The topological polar surface area (TPSA) is 84.9 Å². The minimum absolute atomic E-state index is 0.00563. The Morgan fingerprint density at radius 3 is 2.32 bits per heavy atom. The molecule has 2 N–H and O–H groups in total. The summed E-state index contributed by atoms with van der Waals surface area (Å²) < 4.78 is 10.2. The van der Waals surface area contributed by atoms with Crippen LogP contribution in [-0.4, -0.2) is 30.8 Å². The predicted molar refractivity (Wildman–Crippen MR) is 92.5 cm³/mol. The average molecular weight is 343 g/mol. The zero-order chi connectivity index (χ0) is 18.1. The molecule has 1 atom stereocenters. The third kappa shape index (κ3) is 6.18. The maximum absolute atomic E-state index is 11.8. The van der Waals surface area contributed by atoms with Crippen LogP contribution in [0.1, 0.15) is 11.1 Å². The molecule has 0 spiro atoms. The van der Waals surface area contributed by atoms with Crippen molar-refractivity contribution in [3.8, 4) is 5.75 Å². The molecule has 132 valence electrons. The van der Waals surface area contributed by atoms with Gasteiger partial charge in [-0.05, 0) is 29.7 Å². The summed E-state index contributed by atoms with van der Waals surface area (Å²) in [5.74, 6) is -0.950. The van der Waals surface area contributed by atoms with Crippen LogP contribution < -0.4 is 10.1 Å². The van der Waals surface area contributed by atoms with Gasteiger partial charge >= 0.3 is 12.1 Å². The zero-order valence-corrected chi connectivity index (χ0v) is 14.0. The molecule has 0 radical (unpaired) electrons. The van der Waals surface area contributed by atoms with Crippen LogP contribution in [0.5, 0.6) is 5.75 Å². The van der Waals surface area contributed by atoms with Gasteiger partial charge in [0.1, 0.15) is 12.4 Å². The molecule has 0 fully saturated rings. The molecule has 25 heavy (non-hydrogen) atoms. The summed E-state index contributed by atoms with van der Waals surface area (Å²) in [6.07, 6.45) is -0.301. The van der Waals surface area contributed by atoms with Crippen LogP contribution in [0, 0.1) is 5.92 Å². The fourth-order valence-electron chi connectivity index (χ4n) is 2.27. The number of amides is 1. The molecule has 0 saturated heterocycles. The Balaban J connectivity index is 1.79. The number of ether oxygens (including phenoxy) is 2. The highest BCUT2D eigenvalue weighted by Gasteiger charge is 2.19. The first-order valence-corrected chi connectivity index (χ1v) is 7.88. The van der Waals surface area contributed by atoms with Crippen LogP contribution in [-0.2, 0) is 22.6 Å². The number of hydrogen-bond donors (Lipinski definition) is 2. The molecule has 0 aliphatic rings. The molecule has 0 aliphatic heterocycles. The van der Waals surface area contributed by atoms with Gasteiger partial charge in [-0.2, -0.15) is 0 Å². The Labute approximate surface area is 146 Å². The van der Waals surface area contributed by atoms with Crippen molar-refractivity contribution in [1.82, 2.24) is 5.32 Å². The second-order valence-corrected chi connectivity index (χ2v) is 5.53. The van der Waals surface area contributed by atoms with Crippen LogP contribution in [0.4, 0.5) is 4.79 Å². The number of benzene rings is 2. The van der Waals surface area contributed by atoms with Gasteiger partial charge in [0, 0.05) is 6.54 Å². The van der Waals surface area contributed by atoms with Crippen molar-refractivity contribution in [1.29, 1.82) is 0 Å². The van der Waals surface area contributed by atoms with E-state index in [0.717, 1.165) is 16.9 Å². The van der Waals surface area contributed by atoms with E-state index in [2.05, 4.69) is 5.32 Å². The molecule has 0 unspecified atom stereocenters. The van der Waals surface area contributed by atoms with E-state index in [0.29, 0.717) is 6.42 Å². The molecule has 6 heteroatoms. The fourth-order valence-corrected chi connectivity index (χ4v) is 2.27. The van der Waals surface area contributed by atoms with Gasteiger partial charge in [-0.1, -0.05) is 42.5 Å². The van der Waals surface area contributed by atoms with E-state index in [1.54, 1.807) is 31.4 Å². The van der Waals surface area contributed by atoms with E-state index >= 15 is 0 Å². The molecule has 0 heterocycles. The van der Waals surface area contributed by atoms with Gasteiger partial charge in [0.25, 0.3) is 0 Å². The fraction of sp³-hybridized carbons (Fsp3) is 0.263. The lowest BCUT2D eigenvalue weighted by Crippen LogP contribution is -2.34. The first-order chi connectivity index (χ1) is 12.1. The van der Waals surface area contributed by atoms with Gasteiger partial charge in [0.15, 0.2) is 0 Å². The highest BCUT2D eigenvalue weighted by atomic mass is 16.5. The summed E-state index contributed by atoms with van der Waals surface area (Å²) in [5.41, 5.74) is 1.72. The number of aliphatic carboxylic acids is 1. The molecular formula is C19H21NO5. The van der Waals surface area contributed by atoms with E-state index in [4.69, 9.17) is 9.47 Å². The summed E-state index contributed by atoms with van der Waals surface area (Å²) in [4.78, 5) is 23.1. The Morgan fingerprint density at radius 1 is 1.04 bits per heavy atom. The molecule has 0 aromatic heterocycles. The Morgan fingerprint density at radius 2 is 1.72 bits per heavy atom. The Hall–Kier alpha value is -3.02. The van der Waals surface area contributed by atoms with Gasteiger partial charge in [-0.3, -0.25) is 4.79 Å². The SMILES string of the molecule is COc1ccc(COC(=O)NC[C@H](Cc2ccccc2)C(=O)O)cc1. The lowest BCUT2D eigenvalue weighted by atomic mass is 9.99. The maximum atomic E-state index is 11.8. The normalized spacial score (nSPS) is 11.4. The van der Waals surface area contributed by atoms with Crippen molar-refractivity contribution in [2.75, 3.05) is 13.7 Å². The van der Waals surface area contributed by atoms with Crippen LogP contribution in [0.15, 0.2) is 54.6 Å². The lowest BCUT2D eigenvalue weighted by Gasteiger charge is -2.14. The number of carboxylic acid groups (broad SMARTS) is 1. The largest absolute Gasteiger partial charge is 0.497 e. The number of rotatable bonds is 8. The van der Waals surface area contributed by atoms with Gasteiger partial charge in [-0.25, -0.2) is 4.79 Å². The molecule has 0 aliphatic carbocycles. The average Bonchev–Trinajstić information content (AvgIpc) is 2.64. The smallest absolute Gasteiger partial charge is 0.407 e. The van der Waals surface area contributed by atoms with Crippen molar-refractivity contribution in [2.24, 2.45) is 5.92 Å². The summed E-state index contributed by atoms with van der Waals surface area (Å²) in [6, 6.07) is 16.4. The van der Waals surface area contributed by atoms with E-state index in [9.17, 15) is 14.7 Å². The van der Waals surface area contributed by atoms with Crippen molar-refractivity contribution >= 4 is 12.1 Å². The monoisotopic (exact) mass is 343 g/mol. The Bertz CT molecular complexity index is 685. The van der Waals surface area contributed by atoms with Crippen molar-refractivity contribution < 1.29 is 24.2 Å². The first kappa shape index (κ1) is 18.3. The van der Waals surface area contributed by atoms with Crippen LogP contribution in [0.25, 0.3) is 0 Å². The molecule has 6 nitrogen and oxygen atoms in total. The van der Waals surface area contributed by atoms with Crippen molar-refractivity contribution in [3.05, 3.63) is 65.7 Å². The number of nitrogens with one attached hydrogen (secondary N) is 1. The minimum Gasteiger partial charge on any atom is -0.497 e. The van der Waals surface area contributed by atoms with Gasteiger partial charge < -0.3 is 19.9 Å². The number of carboxylic acids is 1. The van der Waals surface area contributed by atoms with E-state index in [1.165, 1.54) is 0 Å². The van der Waals surface area contributed by atoms with E-state index < -0.39 is 18.0 Å². The number of hydrogen-bond acceptors (Lipinski definition) is 4. The zero-order valence-electron chi connectivity index (χ0n) is 14.0. The molecule has 2 rings (SSSR count). The number of methoxy groups -OCH3 is 1. The van der Waals surface area contributed by atoms with Gasteiger partial charge in [-0.15, -0.1) is 0 Å². The molecule has 2 aromatic carbocycles. The highest BCUT2D eigenvalue weighted by molar-refractivity contribution is 5.72. The standard InChI is InChI=1S/C19H21NO5/c1-24-17-9-7-15(8-10-17)13-25-19(23)20-12-16(18(21)22)11-14-5-3-2-4-6-14/h2-10,16H,11-13H2,1H3,(H,20,23)(H,21,22)/t16-/m0/s1. The third-order valence-corrected chi connectivity index (χ3v) is 3.70. The van der Waals surface area contributed by atoms with Gasteiger partial charge in [0.2, 0.25) is 0 Å². The quantitative estimate of drug-likeness (QED) is 0.770. The van der Waals surface area contributed by atoms with E-state index in [-0.39, 0.29) is 13.2 Å². The maximum Gasteiger partial charge on any atom is 0.407 e. The van der Waals surface area contributed by atoms with Crippen molar-refractivity contribution in [3.63, 3.8) is 0 Å². The molecule has 0 bridgehead atoms. The molecule has 1 amide bonds. The second kappa shape index (κ2) is 9.32. The van der Waals surface area contributed by atoms with Gasteiger partial charge in [0.05, 0.1) is 13.0 Å². The summed E-state index contributed by atoms with van der Waals surface area (Å²) >= 11 is 0. The lowest BCUT2D eigenvalue weighted by molar-refractivity contribution is -0.141. The Kier molecular flexibility index (Phi) is 6.83. The first-order valence-electron chi connectivity index (χ1n) is 7.88. The number of alkyl carbamates (subject to hydrolysis) is 1. The minimum atomic E-state index is -0.959. The summed E-state index contributed by atoms with van der Waals surface area (Å²) in [7, 11) is 1.58. The van der Waals surface area contributed by atoms with Crippen LogP contribution in [0.3, 0.4) is 0 Å². The number of carbonyl (C=O) groups excluding carboxylic acids is 1. The number of carbonyl (C=O) groups is 2. The molecule has 2 aromatic rings.